The number of aryl methyl sites for hydroxylation is 1. The number of nitrogens with zero attached hydrogens (tertiary/aromatic N) is 6. The molecule has 0 bridgehead atoms. The molecule has 0 spiro atoms. The van der Waals surface area contributed by atoms with Crippen LogP contribution in [-0.2, 0) is 23.1 Å². The van der Waals surface area contributed by atoms with Gasteiger partial charge in [-0.05, 0) is 0 Å². The van der Waals surface area contributed by atoms with Crippen molar-refractivity contribution in [2.24, 2.45) is 7.05 Å². The molecule has 9 heteroatoms. The van der Waals surface area contributed by atoms with Crippen LogP contribution in [0.1, 0.15) is 0 Å². The van der Waals surface area contributed by atoms with Crippen molar-refractivity contribution in [1.29, 1.82) is 0 Å². The molecule has 1 aliphatic heterocycles. The number of hydrogen-bond acceptors (Lipinski definition) is 6. The molecule has 3 rings (SSSR count). The Balaban J connectivity index is 1.85. The molecule has 1 fully saturated rings. The Morgan fingerprint density at radius 3 is 2.90 bits per heavy atom. The molecule has 0 atom stereocenters. The zero-order valence-corrected chi connectivity index (χ0v) is 11.0. The van der Waals surface area contributed by atoms with Gasteiger partial charge in [-0.3, -0.25) is 14.2 Å². The molecule has 20 heavy (non-hydrogen) atoms. The number of fused-ring (bicyclic) bond motifs is 1. The topological polar surface area (TPSA) is 95.1 Å². The Bertz CT molecular complexity index is 700. The molecule has 9 nitrogen and oxygen atoms in total. The summed E-state index contributed by atoms with van der Waals surface area (Å²) in [5.41, 5.74) is 0.222. The highest BCUT2D eigenvalue weighted by atomic mass is 16.5. The Labute approximate surface area is 113 Å². The average Bonchev–Trinajstić information content (AvgIpc) is 2.85. The lowest BCUT2D eigenvalue weighted by Gasteiger charge is -2.26. The highest BCUT2D eigenvalue weighted by molar-refractivity contribution is 5.76. The largest absolute Gasteiger partial charge is 0.378 e. The van der Waals surface area contributed by atoms with E-state index in [1.165, 1.54) is 15.6 Å². The molecule has 0 radical (unpaired) electrons. The minimum Gasteiger partial charge on any atom is -0.378 e. The number of hydrogen-bond donors (Lipinski definition) is 0. The van der Waals surface area contributed by atoms with E-state index >= 15 is 0 Å². The normalized spacial score (nSPS) is 15.8. The van der Waals surface area contributed by atoms with E-state index in [2.05, 4.69) is 15.3 Å². The summed E-state index contributed by atoms with van der Waals surface area (Å²) in [6.45, 7) is 2.12. The fourth-order valence-electron chi connectivity index (χ4n) is 2.12. The van der Waals surface area contributed by atoms with Crippen molar-refractivity contribution in [1.82, 2.24) is 29.4 Å². The van der Waals surface area contributed by atoms with Gasteiger partial charge in [-0.2, -0.15) is 0 Å². The van der Waals surface area contributed by atoms with Gasteiger partial charge < -0.3 is 9.64 Å². The van der Waals surface area contributed by atoms with Crippen LogP contribution in [0.25, 0.3) is 11.2 Å². The lowest BCUT2D eigenvalue weighted by molar-refractivity contribution is -0.135. The van der Waals surface area contributed by atoms with E-state index < -0.39 is 0 Å². The minimum atomic E-state index is -0.357. The van der Waals surface area contributed by atoms with Crippen molar-refractivity contribution >= 4 is 17.1 Å². The summed E-state index contributed by atoms with van der Waals surface area (Å²) >= 11 is 0. The van der Waals surface area contributed by atoms with Gasteiger partial charge in [0.05, 0.1) is 13.2 Å². The van der Waals surface area contributed by atoms with Crippen LogP contribution >= 0.6 is 0 Å². The molecule has 1 amide bonds. The summed E-state index contributed by atoms with van der Waals surface area (Å²) in [5, 5.41) is 7.52. The summed E-state index contributed by atoms with van der Waals surface area (Å²) in [5.74, 6) is -0.125. The predicted octanol–water partition coefficient (Wildman–Crippen LogP) is -1.62. The first-order chi connectivity index (χ1) is 9.66. The van der Waals surface area contributed by atoms with E-state index in [4.69, 9.17) is 4.74 Å². The van der Waals surface area contributed by atoms with Gasteiger partial charge in [-0.15, -0.1) is 5.10 Å². The predicted molar refractivity (Wildman–Crippen MR) is 68.0 cm³/mol. The smallest absolute Gasteiger partial charge is 0.283 e. The van der Waals surface area contributed by atoms with Gasteiger partial charge in [0, 0.05) is 20.1 Å². The SMILES string of the molecule is Cn1nnc2c(=O)n(CC(=O)N3CCOCC3)cnc21. The molecule has 1 saturated heterocycles. The molecule has 106 valence electrons. The quantitative estimate of drug-likeness (QED) is 0.655. The maximum atomic E-state index is 12.2. The number of carbonyl (C=O) groups is 1. The zero-order chi connectivity index (χ0) is 14.1. The highest BCUT2D eigenvalue weighted by Crippen LogP contribution is 2.02. The maximum Gasteiger partial charge on any atom is 0.283 e. The van der Waals surface area contributed by atoms with Gasteiger partial charge >= 0.3 is 0 Å². The minimum absolute atomic E-state index is 0.0433. The van der Waals surface area contributed by atoms with Gasteiger partial charge in [0.15, 0.2) is 11.2 Å². The van der Waals surface area contributed by atoms with Gasteiger partial charge in [0.2, 0.25) is 5.91 Å². The van der Waals surface area contributed by atoms with Gasteiger partial charge in [0.25, 0.3) is 5.56 Å². The molecule has 0 aliphatic carbocycles. The molecular weight excluding hydrogens is 264 g/mol. The van der Waals surface area contributed by atoms with Crippen molar-refractivity contribution in [2.75, 3.05) is 26.3 Å². The van der Waals surface area contributed by atoms with Crippen LogP contribution in [0.4, 0.5) is 0 Å². The molecule has 3 heterocycles. The average molecular weight is 278 g/mol. The van der Waals surface area contributed by atoms with Crippen LogP contribution in [0.3, 0.4) is 0 Å². The van der Waals surface area contributed by atoms with E-state index in [1.807, 2.05) is 0 Å². The first kappa shape index (κ1) is 12.7. The lowest BCUT2D eigenvalue weighted by atomic mass is 10.4. The zero-order valence-electron chi connectivity index (χ0n) is 11.0. The third-order valence-electron chi connectivity index (χ3n) is 3.25. The van der Waals surface area contributed by atoms with Crippen molar-refractivity contribution < 1.29 is 9.53 Å². The Morgan fingerprint density at radius 2 is 2.15 bits per heavy atom. The maximum absolute atomic E-state index is 12.2. The molecule has 0 aromatic carbocycles. The summed E-state index contributed by atoms with van der Waals surface area (Å²) < 4.78 is 7.87. The van der Waals surface area contributed by atoms with Crippen molar-refractivity contribution in [2.45, 2.75) is 6.54 Å². The molecular formula is C11H14N6O3. The number of aromatic nitrogens is 5. The van der Waals surface area contributed by atoms with Crippen molar-refractivity contribution in [3.05, 3.63) is 16.7 Å². The Kier molecular flexibility index (Phi) is 3.18. The van der Waals surface area contributed by atoms with Crippen molar-refractivity contribution in [3.8, 4) is 0 Å². The number of morpholine rings is 1. The van der Waals surface area contributed by atoms with E-state index in [9.17, 15) is 9.59 Å². The summed E-state index contributed by atoms with van der Waals surface area (Å²) in [6.07, 6.45) is 1.35. The number of amides is 1. The second-order valence-corrected chi connectivity index (χ2v) is 4.56. The van der Waals surface area contributed by atoms with Gasteiger partial charge in [-0.1, -0.05) is 5.21 Å². The first-order valence-electron chi connectivity index (χ1n) is 6.27. The summed E-state index contributed by atoms with van der Waals surface area (Å²) in [7, 11) is 1.66. The van der Waals surface area contributed by atoms with Crippen LogP contribution < -0.4 is 5.56 Å². The van der Waals surface area contributed by atoms with E-state index in [-0.39, 0.29) is 23.5 Å². The fraction of sp³-hybridized carbons (Fsp3) is 0.545. The van der Waals surface area contributed by atoms with Crippen LogP contribution in [0, 0.1) is 0 Å². The van der Waals surface area contributed by atoms with Gasteiger partial charge in [-0.25, -0.2) is 9.67 Å². The number of rotatable bonds is 2. The third-order valence-corrected chi connectivity index (χ3v) is 3.25. The number of carbonyl (C=O) groups excluding carboxylic acids is 1. The fourth-order valence-corrected chi connectivity index (χ4v) is 2.12. The first-order valence-corrected chi connectivity index (χ1v) is 6.27. The monoisotopic (exact) mass is 278 g/mol. The third kappa shape index (κ3) is 2.16. The molecule has 0 saturated carbocycles. The van der Waals surface area contributed by atoms with Crippen LogP contribution in [0.2, 0.25) is 0 Å². The molecule has 0 unspecified atom stereocenters. The Hall–Kier alpha value is -2.29. The molecule has 0 N–H and O–H groups in total. The summed E-state index contributed by atoms with van der Waals surface area (Å²) in [4.78, 5) is 30.1. The number of ether oxygens (including phenoxy) is 1. The molecule has 2 aromatic rings. The molecule has 2 aromatic heterocycles. The van der Waals surface area contributed by atoms with Gasteiger partial charge in [0.1, 0.15) is 12.9 Å². The standard InChI is InChI=1S/C11H14N6O3/c1-15-10-9(13-14-15)11(19)17(7-12-10)6-8(18)16-2-4-20-5-3-16/h7H,2-6H2,1H3. The van der Waals surface area contributed by atoms with Crippen LogP contribution in [-0.4, -0.2) is 61.7 Å². The lowest BCUT2D eigenvalue weighted by Crippen LogP contribution is -2.43. The van der Waals surface area contributed by atoms with E-state index in [1.54, 1.807) is 11.9 Å². The van der Waals surface area contributed by atoms with E-state index in [0.29, 0.717) is 32.0 Å². The summed E-state index contributed by atoms with van der Waals surface area (Å²) in [6, 6.07) is 0. The second-order valence-electron chi connectivity index (χ2n) is 4.56. The molecule has 1 aliphatic rings. The van der Waals surface area contributed by atoms with E-state index in [0.717, 1.165) is 0 Å². The second kappa shape index (κ2) is 5.00. The Morgan fingerprint density at radius 1 is 1.40 bits per heavy atom. The highest BCUT2D eigenvalue weighted by Gasteiger charge is 2.18. The van der Waals surface area contributed by atoms with Crippen LogP contribution in [0.15, 0.2) is 11.1 Å². The van der Waals surface area contributed by atoms with Crippen LogP contribution in [0.5, 0.6) is 0 Å². The van der Waals surface area contributed by atoms with Crippen molar-refractivity contribution in [3.63, 3.8) is 0 Å².